The van der Waals surface area contributed by atoms with Crippen molar-refractivity contribution in [1.82, 2.24) is 10.3 Å². The molecule has 0 unspecified atom stereocenters. The fourth-order valence-electron chi connectivity index (χ4n) is 2.69. The molecule has 3 aromatic rings. The van der Waals surface area contributed by atoms with Gasteiger partial charge < -0.3 is 10.6 Å². The van der Waals surface area contributed by atoms with Crippen LogP contribution in [0.25, 0.3) is 21.7 Å². The molecule has 6 heteroatoms. The predicted octanol–water partition coefficient (Wildman–Crippen LogP) is 5.85. The molecule has 0 aliphatic carbocycles. The van der Waals surface area contributed by atoms with Gasteiger partial charge in [0.2, 0.25) is 0 Å². The van der Waals surface area contributed by atoms with Crippen molar-refractivity contribution in [3.05, 3.63) is 59.4 Å². The van der Waals surface area contributed by atoms with Crippen LogP contribution in [-0.4, -0.2) is 17.6 Å². The van der Waals surface area contributed by atoms with E-state index in [9.17, 15) is 9.18 Å². The van der Waals surface area contributed by atoms with Crippen LogP contribution in [0.1, 0.15) is 24.8 Å². The van der Waals surface area contributed by atoms with Gasteiger partial charge in [-0.25, -0.2) is 14.2 Å². The van der Waals surface area contributed by atoms with Crippen LogP contribution in [-0.2, 0) is 0 Å². The summed E-state index contributed by atoms with van der Waals surface area (Å²) in [6, 6.07) is 13.8. The summed E-state index contributed by atoms with van der Waals surface area (Å²) in [5, 5.41) is 6.61. The number of halogens is 1. The summed E-state index contributed by atoms with van der Waals surface area (Å²) >= 11 is 1.60. The fraction of sp³-hybridized carbons (Fsp3) is 0.238. The van der Waals surface area contributed by atoms with E-state index in [1.807, 2.05) is 31.2 Å². The van der Waals surface area contributed by atoms with E-state index in [1.54, 1.807) is 23.5 Å². The molecule has 1 aromatic heterocycles. The minimum Gasteiger partial charge on any atom is -0.338 e. The average Bonchev–Trinajstić information content (AvgIpc) is 3.05. The van der Waals surface area contributed by atoms with Crippen LogP contribution in [0.2, 0.25) is 0 Å². The van der Waals surface area contributed by atoms with Gasteiger partial charge in [0.15, 0.2) is 0 Å². The number of urea groups is 1. The van der Waals surface area contributed by atoms with Crippen molar-refractivity contribution in [2.75, 3.05) is 11.9 Å². The van der Waals surface area contributed by atoms with E-state index in [1.165, 1.54) is 12.1 Å². The van der Waals surface area contributed by atoms with E-state index < -0.39 is 0 Å². The van der Waals surface area contributed by atoms with Crippen LogP contribution in [0, 0.1) is 12.7 Å². The van der Waals surface area contributed by atoms with Gasteiger partial charge in [0.25, 0.3) is 0 Å². The second-order valence-corrected chi connectivity index (χ2v) is 7.43. The highest BCUT2D eigenvalue weighted by molar-refractivity contribution is 7.15. The van der Waals surface area contributed by atoms with E-state index in [2.05, 4.69) is 22.5 Å². The first-order valence-corrected chi connectivity index (χ1v) is 9.77. The van der Waals surface area contributed by atoms with Crippen LogP contribution in [0.15, 0.2) is 48.5 Å². The van der Waals surface area contributed by atoms with E-state index in [0.717, 1.165) is 45.2 Å². The van der Waals surface area contributed by atoms with Crippen molar-refractivity contribution in [2.45, 2.75) is 26.7 Å². The van der Waals surface area contributed by atoms with Crippen LogP contribution in [0.3, 0.4) is 0 Å². The molecule has 140 valence electrons. The Morgan fingerprint density at radius 2 is 1.74 bits per heavy atom. The predicted molar refractivity (Wildman–Crippen MR) is 110 cm³/mol. The Kier molecular flexibility index (Phi) is 6.19. The molecule has 0 saturated carbocycles. The lowest BCUT2D eigenvalue weighted by Gasteiger charge is -2.08. The number of amides is 2. The number of carbonyl (C=O) groups is 1. The average molecular weight is 383 g/mol. The molecule has 2 amide bonds. The molecule has 0 fully saturated rings. The van der Waals surface area contributed by atoms with Crippen LogP contribution in [0.5, 0.6) is 0 Å². The van der Waals surface area contributed by atoms with Crippen molar-refractivity contribution in [3.63, 3.8) is 0 Å². The molecule has 0 radical (unpaired) electrons. The fourth-order valence-corrected chi connectivity index (χ4v) is 3.63. The number of unbranched alkanes of at least 4 members (excludes halogenated alkanes) is 1. The molecule has 3 rings (SSSR count). The Morgan fingerprint density at radius 3 is 2.41 bits per heavy atom. The summed E-state index contributed by atoms with van der Waals surface area (Å²) < 4.78 is 13.2. The van der Waals surface area contributed by atoms with Gasteiger partial charge in [0.1, 0.15) is 5.82 Å². The zero-order valence-electron chi connectivity index (χ0n) is 15.4. The summed E-state index contributed by atoms with van der Waals surface area (Å²) in [6.45, 7) is 4.71. The second kappa shape index (κ2) is 8.77. The summed E-state index contributed by atoms with van der Waals surface area (Å²) in [4.78, 5) is 17.5. The smallest absolute Gasteiger partial charge is 0.319 e. The molecule has 0 atom stereocenters. The molecule has 2 N–H and O–H groups in total. The number of aryl methyl sites for hydroxylation is 1. The Bertz CT molecular complexity index is 904. The third-order valence-corrected chi connectivity index (χ3v) is 5.09. The topological polar surface area (TPSA) is 54.0 Å². The highest BCUT2D eigenvalue weighted by Crippen LogP contribution is 2.37. The quantitative estimate of drug-likeness (QED) is 0.525. The van der Waals surface area contributed by atoms with Gasteiger partial charge in [-0.1, -0.05) is 25.5 Å². The summed E-state index contributed by atoms with van der Waals surface area (Å²) in [5.41, 5.74) is 3.47. The van der Waals surface area contributed by atoms with Crippen LogP contribution >= 0.6 is 11.3 Å². The Labute approximate surface area is 162 Å². The van der Waals surface area contributed by atoms with E-state index in [0.29, 0.717) is 6.54 Å². The number of anilines is 1. The third-order valence-electron chi connectivity index (χ3n) is 4.07. The molecule has 0 spiro atoms. The normalized spacial score (nSPS) is 10.6. The molecule has 2 aromatic carbocycles. The second-order valence-electron chi connectivity index (χ2n) is 6.23. The molecular weight excluding hydrogens is 361 g/mol. The van der Waals surface area contributed by atoms with Crippen molar-refractivity contribution < 1.29 is 9.18 Å². The minimum atomic E-state index is -0.264. The zero-order chi connectivity index (χ0) is 19.2. The summed E-state index contributed by atoms with van der Waals surface area (Å²) in [7, 11) is 0. The lowest BCUT2D eigenvalue weighted by atomic mass is 10.1. The first-order chi connectivity index (χ1) is 13.1. The monoisotopic (exact) mass is 383 g/mol. The Hall–Kier alpha value is -2.73. The first kappa shape index (κ1) is 19.0. The molecule has 0 saturated heterocycles. The van der Waals surface area contributed by atoms with Crippen molar-refractivity contribution >= 4 is 23.1 Å². The number of rotatable bonds is 6. The number of hydrogen-bond acceptors (Lipinski definition) is 3. The minimum absolute atomic E-state index is 0.197. The van der Waals surface area contributed by atoms with Crippen molar-refractivity contribution in [2.24, 2.45) is 0 Å². The van der Waals surface area contributed by atoms with Gasteiger partial charge >= 0.3 is 6.03 Å². The van der Waals surface area contributed by atoms with E-state index in [4.69, 9.17) is 0 Å². The van der Waals surface area contributed by atoms with Crippen molar-refractivity contribution in [1.29, 1.82) is 0 Å². The number of nitrogens with zero attached hydrogens (tertiary/aromatic N) is 1. The molecule has 4 nitrogen and oxygen atoms in total. The standard InChI is InChI=1S/C21H22FN3OS/c1-3-4-13-23-21(26)25-18-11-7-16(8-12-18)20-19(24-14(2)27-20)15-5-9-17(22)10-6-15/h5-12H,3-4,13H2,1-2H3,(H2,23,25,26). The molecule has 0 bridgehead atoms. The zero-order valence-corrected chi connectivity index (χ0v) is 16.2. The largest absolute Gasteiger partial charge is 0.338 e. The first-order valence-electron chi connectivity index (χ1n) is 8.95. The van der Waals surface area contributed by atoms with Gasteiger partial charge in [-0.3, -0.25) is 0 Å². The van der Waals surface area contributed by atoms with Crippen LogP contribution in [0.4, 0.5) is 14.9 Å². The molecule has 0 aliphatic rings. The Balaban J connectivity index is 1.78. The number of nitrogens with one attached hydrogen (secondary N) is 2. The maximum absolute atomic E-state index is 13.2. The van der Waals surface area contributed by atoms with E-state index >= 15 is 0 Å². The van der Waals surface area contributed by atoms with Crippen molar-refractivity contribution in [3.8, 4) is 21.7 Å². The number of carbonyl (C=O) groups excluding carboxylic acids is 1. The molecular formula is C21H22FN3OS. The maximum atomic E-state index is 13.2. The SMILES string of the molecule is CCCCNC(=O)Nc1ccc(-c2sc(C)nc2-c2ccc(F)cc2)cc1. The van der Waals surface area contributed by atoms with Gasteiger partial charge in [-0.05, 0) is 55.3 Å². The van der Waals surface area contributed by atoms with E-state index in [-0.39, 0.29) is 11.8 Å². The van der Waals surface area contributed by atoms with Gasteiger partial charge in [-0.15, -0.1) is 11.3 Å². The van der Waals surface area contributed by atoms with Gasteiger partial charge in [0, 0.05) is 17.8 Å². The number of thiazole rings is 1. The highest BCUT2D eigenvalue weighted by atomic mass is 32.1. The Morgan fingerprint density at radius 1 is 1.07 bits per heavy atom. The lowest BCUT2D eigenvalue weighted by molar-refractivity contribution is 0.252. The van der Waals surface area contributed by atoms with Gasteiger partial charge in [-0.2, -0.15) is 0 Å². The number of aromatic nitrogens is 1. The lowest BCUT2D eigenvalue weighted by Crippen LogP contribution is -2.29. The highest BCUT2D eigenvalue weighted by Gasteiger charge is 2.13. The third kappa shape index (κ3) is 4.92. The van der Waals surface area contributed by atoms with Gasteiger partial charge in [0.05, 0.1) is 15.6 Å². The number of benzene rings is 2. The summed E-state index contributed by atoms with van der Waals surface area (Å²) in [6.07, 6.45) is 2.00. The molecule has 0 aliphatic heterocycles. The maximum Gasteiger partial charge on any atom is 0.319 e. The molecule has 1 heterocycles. The number of hydrogen-bond donors (Lipinski definition) is 2. The summed E-state index contributed by atoms with van der Waals surface area (Å²) in [5.74, 6) is -0.264. The molecule has 27 heavy (non-hydrogen) atoms. The van der Waals surface area contributed by atoms with Crippen LogP contribution < -0.4 is 10.6 Å².